The highest BCUT2D eigenvalue weighted by Gasteiger charge is 2.15. The van der Waals surface area contributed by atoms with Crippen LogP contribution in [0.2, 0.25) is 0 Å². The summed E-state index contributed by atoms with van der Waals surface area (Å²) in [6.45, 7) is 5.05. The summed E-state index contributed by atoms with van der Waals surface area (Å²) in [7, 11) is 0. The lowest BCUT2D eigenvalue weighted by Gasteiger charge is -2.22. The number of nitrogens with one attached hydrogen (secondary N) is 1. The van der Waals surface area contributed by atoms with Crippen molar-refractivity contribution in [2.24, 2.45) is 5.73 Å². The van der Waals surface area contributed by atoms with E-state index in [0.29, 0.717) is 5.82 Å². The number of nitrogens with two attached hydrogens (primary N) is 1. The minimum atomic E-state index is -0.566. The fraction of sp³-hybridized carbons (Fsp3) is 0.500. The number of primary amides is 1. The molecule has 1 aromatic rings. The molecule has 0 unspecified atom stereocenters. The van der Waals surface area contributed by atoms with Gasteiger partial charge in [-0.3, -0.25) is 4.79 Å². The van der Waals surface area contributed by atoms with Gasteiger partial charge in [-0.2, -0.15) is 11.8 Å². The van der Waals surface area contributed by atoms with Crippen molar-refractivity contribution in [2.75, 3.05) is 18.1 Å². The average Bonchev–Trinajstić information content (AvgIpc) is 2.27. The Labute approximate surface area is 99.2 Å². The minimum absolute atomic E-state index is 0.129. The van der Waals surface area contributed by atoms with E-state index in [9.17, 15) is 4.79 Å². The molecular weight excluding hydrogens is 224 g/mol. The van der Waals surface area contributed by atoms with Crippen LogP contribution in [-0.2, 0) is 0 Å². The van der Waals surface area contributed by atoms with Gasteiger partial charge in [0.1, 0.15) is 5.82 Å². The summed E-state index contributed by atoms with van der Waals surface area (Å²) in [5, 5.41) is 10.7. The van der Waals surface area contributed by atoms with Gasteiger partial charge in [-0.25, -0.2) is 0 Å². The first kappa shape index (κ1) is 12.8. The molecule has 16 heavy (non-hydrogen) atoms. The van der Waals surface area contributed by atoms with Crippen molar-refractivity contribution >= 4 is 23.5 Å². The van der Waals surface area contributed by atoms with Crippen LogP contribution in [0.15, 0.2) is 12.1 Å². The monoisotopic (exact) mass is 240 g/mol. The molecule has 1 rings (SSSR count). The smallest absolute Gasteiger partial charge is 0.269 e. The summed E-state index contributed by atoms with van der Waals surface area (Å²) >= 11 is 1.77. The van der Waals surface area contributed by atoms with Crippen LogP contribution in [0, 0.1) is 0 Å². The number of hydrogen-bond acceptors (Lipinski definition) is 5. The number of rotatable bonds is 5. The van der Waals surface area contributed by atoms with Crippen molar-refractivity contribution in [3.05, 3.63) is 17.8 Å². The number of amides is 1. The standard InChI is InChI=1S/C10H16N4OS/c1-10(2,16-3)6-12-8-5-4-7(9(11)15)13-14-8/h4-5H,6H2,1-3H3,(H2,11,15)(H,12,14). The molecule has 0 saturated carbocycles. The Kier molecular flexibility index (Phi) is 4.12. The largest absolute Gasteiger partial charge is 0.367 e. The Morgan fingerprint density at radius 2 is 2.19 bits per heavy atom. The molecule has 0 radical (unpaired) electrons. The summed E-state index contributed by atoms with van der Waals surface area (Å²) in [5.41, 5.74) is 5.24. The van der Waals surface area contributed by atoms with E-state index in [1.807, 2.05) is 0 Å². The van der Waals surface area contributed by atoms with Crippen LogP contribution < -0.4 is 11.1 Å². The maximum Gasteiger partial charge on any atom is 0.269 e. The quantitative estimate of drug-likeness (QED) is 0.806. The van der Waals surface area contributed by atoms with Crippen LogP contribution in [0.1, 0.15) is 24.3 Å². The van der Waals surface area contributed by atoms with Gasteiger partial charge in [0.15, 0.2) is 5.69 Å². The van der Waals surface area contributed by atoms with Crippen molar-refractivity contribution in [1.29, 1.82) is 0 Å². The lowest BCUT2D eigenvalue weighted by molar-refractivity contribution is 0.0994. The van der Waals surface area contributed by atoms with Crippen LogP contribution in [0.25, 0.3) is 0 Å². The van der Waals surface area contributed by atoms with E-state index in [4.69, 9.17) is 5.73 Å². The van der Waals surface area contributed by atoms with Crippen molar-refractivity contribution < 1.29 is 4.79 Å². The second-order valence-electron chi connectivity index (χ2n) is 3.99. The summed E-state index contributed by atoms with van der Waals surface area (Å²) in [6.07, 6.45) is 2.06. The van der Waals surface area contributed by atoms with E-state index in [1.54, 1.807) is 23.9 Å². The third-order valence-electron chi connectivity index (χ3n) is 2.16. The van der Waals surface area contributed by atoms with Crippen LogP contribution >= 0.6 is 11.8 Å². The zero-order valence-corrected chi connectivity index (χ0v) is 10.5. The molecular formula is C10H16N4OS. The Morgan fingerprint density at radius 3 is 2.62 bits per heavy atom. The highest BCUT2D eigenvalue weighted by Crippen LogP contribution is 2.21. The first-order valence-corrected chi connectivity index (χ1v) is 6.09. The molecule has 0 atom stereocenters. The lowest BCUT2D eigenvalue weighted by Crippen LogP contribution is -2.26. The second-order valence-corrected chi connectivity index (χ2v) is 5.50. The maximum atomic E-state index is 10.8. The summed E-state index contributed by atoms with van der Waals surface area (Å²) in [4.78, 5) is 10.8. The fourth-order valence-electron chi connectivity index (χ4n) is 0.934. The van der Waals surface area contributed by atoms with Gasteiger partial charge in [0.25, 0.3) is 5.91 Å². The third kappa shape index (κ3) is 3.69. The number of aromatic nitrogens is 2. The summed E-state index contributed by atoms with van der Waals surface area (Å²) in [5.74, 6) is 0.0793. The fourth-order valence-corrected chi connectivity index (χ4v) is 1.15. The first-order valence-electron chi connectivity index (χ1n) is 4.87. The molecule has 0 fully saturated rings. The van der Waals surface area contributed by atoms with Gasteiger partial charge in [0, 0.05) is 11.3 Å². The molecule has 0 aliphatic heterocycles. The van der Waals surface area contributed by atoms with Crippen molar-refractivity contribution in [1.82, 2.24) is 10.2 Å². The second kappa shape index (κ2) is 5.16. The molecule has 1 aromatic heterocycles. The molecule has 0 aliphatic carbocycles. The number of hydrogen-bond donors (Lipinski definition) is 2. The topological polar surface area (TPSA) is 80.9 Å². The number of anilines is 1. The van der Waals surface area contributed by atoms with Gasteiger partial charge in [0.05, 0.1) is 0 Å². The molecule has 88 valence electrons. The van der Waals surface area contributed by atoms with Gasteiger partial charge in [-0.05, 0) is 32.2 Å². The third-order valence-corrected chi connectivity index (χ3v) is 3.41. The Bertz CT molecular complexity index is 364. The molecule has 0 aromatic carbocycles. The average molecular weight is 240 g/mol. The molecule has 6 heteroatoms. The predicted octanol–water partition coefficient (Wildman–Crippen LogP) is 1.13. The van der Waals surface area contributed by atoms with E-state index in [0.717, 1.165) is 6.54 Å². The van der Waals surface area contributed by atoms with Gasteiger partial charge in [-0.1, -0.05) is 0 Å². The molecule has 3 N–H and O–H groups in total. The lowest BCUT2D eigenvalue weighted by atomic mass is 10.2. The van der Waals surface area contributed by atoms with E-state index >= 15 is 0 Å². The van der Waals surface area contributed by atoms with Gasteiger partial charge >= 0.3 is 0 Å². The summed E-state index contributed by atoms with van der Waals surface area (Å²) in [6, 6.07) is 3.26. The van der Waals surface area contributed by atoms with Gasteiger partial charge < -0.3 is 11.1 Å². The van der Waals surface area contributed by atoms with Gasteiger partial charge in [0.2, 0.25) is 0 Å². The first-order chi connectivity index (χ1) is 7.44. The molecule has 0 spiro atoms. The van der Waals surface area contributed by atoms with Crippen molar-refractivity contribution in [3.8, 4) is 0 Å². The highest BCUT2D eigenvalue weighted by molar-refractivity contribution is 7.99. The van der Waals surface area contributed by atoms with E-state index < -0.39 is 5.91 Å². The van der Waals surface area contributed by atoms with E-state index in [-0.39, 0.29) is 10.4 Å². The Morgan fingerprint density at radius 1 is 1.50 bits per heavy atom. The Hall–Kier alpha value is -1.30. The minimum Gasteiger partial charge on any atom is -0.367 e. The summed E-state index contributed by atoms with van der Waals surface area (Å²) < 4.78 is 0.129. The molecule has 1 heterocycles. The van der Waals surface area contributed by atoms with E-state index in [1.165, 1.54) is 0 Å². The molecule has 1 amide bonds. The van der Waals surface area contributed by atoms with Crippen LogP contribution in [0.3, 0.4) is 0 Å². The van der Waals surface area contributed by atoms with Crippen LogP contribution in [-0.4, -0.2) is 33.7 Å². The molecule has 0 aliphatic rings. The maximum absolute atomic E-state index is 10.8. The Balaban J connectivity index is 2.59. The van der Waals surface area contributed by atoms with E-state index in [2.05, 4.69) is 35.6 Å². The predicted molar refractivity (Wildman–Crippen MR) is 66.6 cm³/mol. The van der Waals surface area contributed by atoms with Crippen molar-refractivity contribution in [2.45, 2.75) is 18.6 Å². The zero-order chi connectivity index (χ0) is 12.2. The van der Waals surface area contributed by atoms with Crippen LogP contribution in [0.4, 0.5) is 5.82 Å². The number of carbonyl (C=O) groups excluding carboxylic acids is 1. The van der Waals surface area contributed by atoms with Crippen molar-refractivity contribution in [3.63, 3.8) is 0 Å². The SMILES string of the molecule is CSC(C)(C)CNc1ccc(C(N)=O)nn1. The molecule has 5 nitrogen and oxygen atoms in total. The number of carbonyl (C=O) groups is 1. The number of thioether (sulfide) groups is 1. The molecule has 0 saturated heterocycles. The van der Waals surface area contributed by atoms with Gasteiger partial charge in [-0.15, -0.1) is 10.2 Å². The van der Waals surface area contributed by atoms with Crippen LogP contribution in [0.5, 0.6) is 0 Å². The number of nitrogens with zero attached hydrogens (tertiary/aromatic N) is 2. The highest BCUT2D eigenvalue weighted by atomic mass is 32.2. The zero-order valence-electron chi connectivity index (χ0n) is 9.65. The normalized spacial score (nSPS) is 11.2. The molecule has 0 bridgehead atoms.